The third-order valence-corrected chi connectivity index (χ3v) is 16.1. The number of carbonyl (C=O) groups is 7. The van der Waals surface area contributed by atoms with Crippen molar-refractivity contribution in [2.24, 2.45) is 10.9 Å². The van der Waals surface area contributed by atoms with E-state index >= 15 is 0 Å². The van der Waals surface area contributed by atoms with Gasteiger partial charge in [-0.05, 0) is 120 Å². The zero-order chi connectivity index (χ0) is 58.5. The van der Waals surface area contributed by atoms with Crippen molar-refractivity contribution >= 4 is 82.0 Å². The van der Waals surface area contributed by atoms with Crippen LogP contribution in [0.5, 0.6) is 5.75 Å². The van der Waals surface area contributed by atoms with Gasteiger partial charge in [-0.15, -0.1) is 22.0 Å². The van der Waals surface area contributed by atoms with Crippen LogP contribution in [0, 0.1) is 12.8 Å². The van der Waals surface area contributed by atoms with Gasteiger partial charge in [0.15, 0.2) is 5.82 Å². The molecule has 4 aliphatic rings. The number of halogens is 1. The molecule has 1 saturated heterocycles. The van der Waals surface area contributed by atoms with E-state index in [1.165, 1.54) is 16.5 Å². The number of hydrogen-bond donors (Lipinski definition) is 4. The van der Waals surface area contributed by atoms with Gasteiger partial charge in [-0.2, -0.15) is 0 Å². The Morgan fingerprint density at radius 3 is 2.28 bits per heavy atom. The van der Waals surface area contributed by atoms with Gasteiger partial charge in [0.2, 0.25) is 23.6 Å². The molecule has 4 atom stereocenters. The molecule has 3 unspecified atom stereocenters. The summed E-state index contributed by atoms with van der Waals surface area (Å²) in [4.78, 5) is 99.5. The van der Waals surface area contributed by atoms with Crippen LogP contribution in [-0.4, -0.2) is 143 Å². The lowest BCUT2D eigenvalue weighted by atomic mass is 9.90. The number of aryl methyl sites for hydroxylation is 1. The largest absolute Gasteiger partial charge is 0.491 e. The molecule has 82 heavy (non-hydrogen) atoms. The van der Waals surface area contributed by atoms with Gasteiger partial charge < -0.3 is 39.8 Å². The number of amides is 7. The number of fused-ring (bicyclic) bond motifs is 4. The van der Waals surface area contributed by atoms with Crippen molar-refractivity contribution in [2.75, 3.05) is 69.8 Å². The molecule has 4 aliphatic heterocycles. The van der Waals surface area contributed by atoms with E-state index in [0.29, 0.717) is 60.4 Å². The zero-order valence-corrected chi connectivity index (χ0v) is 48.9. The third kappa shape index (κ3) is 15.7. The number of unbranched alkanes of at least 4 members (excludes halogenated alkanes) is 4. The lowest BCUT2D eigenvalue weighted by molar-refractivity contribution is -0.136. The number of aromatic nitrogens is 3. The SMILES string of the molecule is CC1=C(C)C2C(c3ccc(Cl)cc3)=N[C@@H](CC(=O)Nc3ccc(OCCOCCN(CCOCCNc4cccc5c4C(=O)N(C4CCC(=O)NC4=O)C5=O)C(=O)CCCCCCCNC(=O)OC(C)(C)C)cc3)c3nnc(C)n3C2S1. The Morgan fingerprint density at radius 2 is 1.55 bits per heavy atom. The summed E-state index contributed by atoms with van der Waals surface area (Å²) in [5.41, 5.74) is 3.83. The summed E-state index contributed by atoms with van der Waals surface area (Å²) in [7, 11) is 0. The number of anilines is 2. The summed E-state index contributed by atoms with van der Waals surface area (Å²) < 4.78 is 25.3. The van der Waals surface area contributed by atoms with Gasteiger partial charge in [0.25, 0.3) is 11.8 Å². The van der Waals surface area contributed by atoms with Gasteiger partial charge in [-0.25, -0.2) is 4.79 Å². The number of hydrogen-bond acceptors (Lipinski definition) is 16. The van der Waals surface area contributed by atoms with E-state index in [-0.39, 0.29) is 93.1 Å². The van der Waals surface area contributed by atoms with Gasteiger partial charge in [0, 0.05) is 55.4 Å². The number of benzene rings is 3. The molecule has 1 aromatic heterocycles. The van der Waals surface area contributed by atoms with Crippen LogP contribution >= 0.6 is 23.4 Å². The van der Waals surface area contributed by atoms with E-state index in [0.717, 1.165) is 47.7 Å². The van der Waals surface area contributed by atoms with Crippen LogP contribution in [0.3, 0.4) is 0 Å². The maximum absolute atomic E-state index is 13.7. The summed E-state index contributed by atoms with van der Waals surface area (Å²) in [6.45, 7) is 14.3. The molecule has 0 radical (unpaired) electrons. The van der Waals surface area contributed by atoms with Crippen LogP contribution < -0.4 is 26.0 Å². The normalized spacial score (nSPS) is 18.5. The predicted octanol–water partition coefficient (Wildman–Crippen LogP) is 8.59. The van der Waals surface area contributed by atoms with E-state index < -0.39 is 47.4 Å². The molecule has 21 nitrogen and oxygen atoms in total. The third-order valence-electron chi connectivity index (χ3n) is 14.4. The van der Waals surface area contributed by atoms with Crippen LogP contribution in [-0.2, 0) is 33.4 Å². The van der Waals surface area contributed by atoms with Crippen molar-refractivity contribution in [3.63, 3.8) is 0 Å². The van der Waals surface area contributed by atoms with Crippen molar-refractivity contribution in [2.45, 2.75) is 122 Å². The van der Waals surface area contributed by atoms with Crippen molar-refractivity contribution in [1.82, 2.24) is 35.2 Å². The summed E-state index contributed by atoms with van der Waals surface area (Å²) in [5, 5.41) is 20.8. The van der Waals surface area contributed by atoms with Crippen LogP contribution in [0.15, 0.2) is 82.2 Å². The molecule has 438 valence electrons. The van der Waals surface area contributed by atoms with Gasteiger partial charge in [-0.3, -0.25) is 48.5 Å². The second-order valence-electron chi connectivity index (χ2n) is 21.5. The van der Waals surface area contributed by atoms with E-state index in [4.69, 9.17) is 35.5 Å². The molecule has 0 aliphatic carbocycles. The highest BCUT2D eigenvalue weighted by molar-refractivity contribution is 8.03. The quantitative estimate of drug-likeness (QED) is 0.0322. The Labute approximate surface area is 487 Å². The van der Waals surface area contributed by atoms with Crippen molar-refractivity contribution < 1.29 is 52.5 Å². The van der Waals surface area contributed by atoms with E-state index in [1.54, 1.807) is 53.1 Å². The summed E-state index contributed by atoms with van der Waals surface area (Å²) in [5.74, 6) is -0.627. The summed E-state index contributed by atoms with van der Waals surface area (Å²) in [6, 6.07) is 18.0. The standard InChI is InChI=1S/C59H73ClN10O11S/c1-36-37(2)82-57-50(36)52(39-16-18-40(60)19-17-39)64-45(53-67-66-38(3)69(53)57)35-48(72)63-41-20-22-42(23-21-41)80-34-33-79-32-29-68(49(73)15-10-8-7-9-11-26-62-58(77)81-59(4,5)6)28-31-78-30-27-61-44-14-12-13-43-51(44)56(76)70(55(43)75)46-24-25-47(71)65-54(46)74/h12-14,16-23,45-46,50,57,61H,7-11,15,24-35H2,1-6H3,(H,62,77)(H,63,72)(H,65,71,74)/t45-,46?,50?,57?/m0/s1. The Kier molecular flexibility index (Phi) is 21.0. The molecule has 4 N–H and O–H groups in total. The molecule has 0 spiro atoms. The second kappa shape index (κ2) is 28.2. The molecule has 8 rings (SSSR count). The molecule has 7 amide bonds. The summed E-state index contributed by atoms with van der Waals surface area (Å²) >= 11 is 8.05. The van der Waals surface area contributed by atoms with Crippen LogP contribution in [0.2, 0.25) is 5.02 Å². The number of aliphatic imine (C=N–C) groups is 1. The summed E-state index contributed by atoms with van der Waals surface area (Å²) in [6.07, 6.45) is 4.19. The Bertz CT molecular complexity index is 3050. The molecular weight excluding hydrogens is 1090 g/mol. The highest BCUT2D eigenvalue weighted by Gasteiger charge is 2.46. The molecule has 0 saturated carbocycles. The fraction of sp³-hybridized carbons (Fsp3) is 0.492. The molecular formula is C59H73ClN10O11S. The molecule has 0 bridgehead atoms. The number of allylic oxidation sites excluding steroid dienone is 2. The van der Waals surface area contributed by atoms with Crippen molar-refractivity contribution in [3.05, 3.63) is 111 Å². The maximum atomic E-state index is 13.7. The van der Waals surface area contributed by atoms with Crippen LogP contribution in [0.1, 0.15) is 142 Å². The number of rotatable bonds is 27. The van der Waals surface area contributed by atoms with E-state index in [2.05, 4.69) is 49.9 Å². The molecule has 23 heteroatoms. The minimum Gasteiger partial charge on any atom is -0.491 e. The van der Waals surface area contributed by atoms with Crippen molar-refractivity contribution in [1.29, 1.82) is 0 Å². The first-order valence-corrected chi connectivity index (χ1v) is 29.2. The molecule has 5 heterocycles. The lowest BCUT2D eigenvalue weighted by Crippen LogP contribution is -2.54. The molecule has 3 aromatic carbocycles. The smallest absolute Gasteiger partial charge is 0.407 e. The zero-order valence-electron chi connectivity index (χ0n) is 47.3. The monoisotopic (exact) mass is 1160 g/mol. The number of ether oxygens (including phenoxy) is 4. The van der Waals surface area contributed by atoms with Crippen LogP contribution in [0.25, 0.3) is 0 Å². The fourth-order valence-corrected chi connectivity index (χ4v) is 11.9. The van der Waals surface area contributed by atoms with Gasteiger partial charge >= 0.3 is 6.09 Å². The first-order valence-electron chi connectivity index (χ1n) is 28.0. The number of carbonyl (C=O) groups excluding carboxylic acids is 7. The number of nitrogens with one attached hydrogen (secondary N) is 4. The Balaban J connectivity index is 0.784. The van der Waals surface area contributed by atoms with Gasteiger partial charge in [-0.1, -0.05) is 54.6 Å². The average molecular weight is 1170 g/mol. The number of piperidine rings is 1. The van der Waals surface area contributed by atoms with Crippen LogP contribution in [0.4, 0.5) is 16.2 Å². The topological polar surface area (TPSA) is 254 Å². The lowest BCUT2D eigenvalue weighted by Gasteiger charge is -2.27. The minimum atomic E-state index is -1.07. The highest BCUT2D eigenvalue weighted by atomic mass is 35.5. The first-order chi connectivity index (χ1) is 39.4. The Hall–Kier alpha value is -7.14. The van der Waals surface area contributed by atoms with E-state index in [1.807, 2.05) is 52.0 Å². The first kappa shape index (κ1) is 60.9. The number of alkyl carbamates (subject to hydrolysis) is 1. The Morgan fingerprint density at radius 1 is 0.829 bits per heavy atom. The average Bonchev–Trinajstić information content (AvgIpc) is 4.19. The molecule has 1 fully saturated rings. The fourth-order valence-electron chi connectivity index (χ4n) is 10.2. The number of nitrogens with zero attached hydrogens (tertiary/aromatic N) is 6. The van der Waals surface area contributed by atoms with E-state index in [9.17, 15) is 33.6 Å². The van der Waals surface area contributed by atoms with Gasteiger partial charge in [0.05, 0.1) is 61.0 Å². The maximum Gasteiger partial charge on any atom is 0.407 e. The minimum absolute atomic E-state index is 0.0249. The number of imide groups is 2. The van der Waals surface area contributed by atoms with Crippen molar-refractivity contribution in [3.8, 4) is 5.75 Å². The molecule has 4 aromatic rings. The second-order valence-corrected chi connectivity index (χ2v) is 23.3. The number of thioether (sulfide) groups is 1. The predicted molar refractivity (Wildman–Crippen MR) is 311 cm³/mol. The van der Waals surface area contributed by atoms with Gasteiger partial charge in [0.1, 0.15) is 35.9 Å². The highest BCUT2D eigenvalue weighted by Crippen LogP contribution is 2.53.